The van der Waals surface area contributed by atoms with Gasteiger partial charge in [-0.15, -0.1) is 0 Å². The van der Waals surface area contributed by atoms with Gasteiger partial charge in [-0.2, -0.15) is 9.61 Å². The first-order valence-corrected chi connectivity index (χ1v) is 10.2. The highest BCUT2D eigenvalue weighted by Crippen LogP contribution is 2.37. The molecule has 0 amide bonds. The second-order valence-electron chi connectivity index (χ2n) is 7.33. The SMILES string of the molecule is C=C(CC(C)C)S/C(=C\C)c1cnn2c(N)cc(C3CCCNC3)nc12. The molecule has 0 radical (unpaired) electrons. The molecule has 1 aliphatic rings. The first-order chi connectivity index (χ1) is 12.5. The number of thioether (sulfide) groups is 1. The summed E-state index contributed by atoms with van der Waals surface area (Å²) in [6.45, 7) is 12.7. The predicted molar refractivity (Wildman–Crippen MR) is 112 cm³/mol. The summed E-state index contributed by atoms with van der Waals surface area (Å²) in [6.07, 6.45) is 7.30. The van der Waals surface area contributed by atoms with Gasteiger partial charge in [0.05, 0.1) is 17.5 Å². The van der Waals surface area contributed by atoms with E-state index in [4.69, 9.17) is 10.7 Å². The number of nitrogens with two attached hydrogens (primary N) is 1. The third-order valence-corrected chi connectivity index (χ3v) is 5.78. The zero-order valence-corrected chi connectivity index (χ0v) is 16.8. The van der Waals surface area contributed by atoms with Crippen molar-refractivity contribution in [1.82, 2.24) is 19.9 Å². The lowest BCUT2D eigenvalue weighted by Gasteiger charge is -2.22. The predicted octanol–water partition coefficient (Wildman–Crippen LogP) is 4.43. The van der Waals surface area contributed by atoms with Crippen LogP contribution in [0, 0.1) is 5.92 Å². The van der Waals surface area contributed by atoms with Gasteiger partial charge in [-0.1, -0.05) is 38.3 Å². The second-order valence-corrected chi connectivity index (χ2v) is 8.56. The fourth-order valence-electron chi connectivity index (χ4n) is 3.41. The molecule has 6 heteroatoms. The van der Waals surface area contributed by atoms with Gasteiger partial charge in [0.2, 0.25) is 0 Å². The van der Waals surface area contributed by atoms with E-state index >= 15 is 0 Å². The molecule has 2 aromatic rings. The van der Waals surface area contributed by atoms with Crippen LogP contribution >= 0.6 is 11.8 Å². The average molecular weight is 372 g/mol. The number of nitrogen functional groups attached to an aromatic ring is 1. The minimum Gasteiger partial charge on any atom is -0.384 e. The van der Waals surface area contributed by atoms with Crippen LogP contribution in [0.1, 0.15) is 57.2 Å². The van der Waals surface area contributed by atoms with Crippen molar-refractivity contribution in [2.75, 3.05) is 18.8 Å². The molecular formula is C20H29N5S. The van der Waals surface area contributed by atoms with Gasteiger partial charge in [-0.05, 0) is 43.6 Å². The molecule has 1 atom stereocenters. The number of nitrogens with zero attached hydrogens (tertiary/aromatic N) is 3. The third kappa shape index (κ3) is 4.13. The molecule has 1 aliphatic heterocycles. The fourth-order valence-corrected chi connectivity index (χ4v) is 4.51. The van der Waals surface area contributed by atoms with Crippen LogP contribution in [0.5, 0.6) is 0 Å². The summed E-state index contributed by atoms with van der Waals surface area (Å²) in [4.78, 5) is 7.25. The van der Waals surface area contributed by atoms with E-state index in [1.807, 2.05) is 19.2 Å². The molecule has 2 aromatic heterocycles. The van der Waals surface area contributed by atoms with Crippen molar-refractivity contribution in [3.63, 3.8) is 0 Å². The molecule has 26 heavy (non-hydrogen) atoms. The smallest absolute Gasteiger partial charge is 0.165 e. The number of hydrogen-bond acceptors (Lipinski definition) is 5. The molecule has 0 aliphatic carbocycles. The Morgan fingerprint density at radius 3 is 3.00 bits per heavy atom. The van der Waals surface area contributed by atoms with Crippen LogP contribution in [-0.4, -0.2) is 27.7 Å². The maximum Gasteiger partial charge on any atom is 0.165 e. The molecule has 3 rings (SSSR count). The van der Waals surface area contributed by atoms with E-state index in [-0.39, 0.29) is 0 Å². The second kappa shape index (κ2) is 8.27. The zero-order chi connectivity index (χ0) is 18.7. The highest BCUT2D eigenvalue weighted by Gasteiger charge is 2.20. The van der Waals surface area contributed by atoms with Gasteiger partial charge in [0.15, 0.2) is 5.65 Å². The highest BCUT2D eigenvalue weighted by molar-refractivity contribution is 8.11. The van der Waals surface area contributed by atoms with Crippen LogP contribution in [0.15, 0.2) is 29.8 Å². The van der Waals surface area contributed by atoms with Crippen molar-refractivity contribution in [2.45, 2.75) is 46.0 Å². The Labute approximate surface area is 160 Å². The summed E-state index contributed by atoms with van der Waals surface area (Å²) < 4.78 is 1.74. The Morgan fingerprint density at radius 1 is 1.54 bits per heavy atom. The average Bonchev–Trinajstić information content (AvgIpc) is 3.04. The molecule has 0 aromatic carbocycles. The van der Waals surface area contributed by atoms with Crippen molar-refractivity contribution in [3.05, 3.63) is 41.1 Å². The normalized spacial score (nSPS) is 18.6. The van der Waals surface area contributed by atoms with Crippen LogP contribution in [0.25, 0.3) is 10.6 Å². The molecule has 0 bridgehead atoms. The van der Waals surface area contributed by atoms with Gasteiger partial charge in [0.1, 0.15) is 5.82 Å². The molecule has 3 heterocycles. The number of nitrogens with one attached hydrogen (secondary N) is 1. The van der Waals surface area contributed by atoms with Crippen LogP contribution in [0.2, 0.25) is 0 Å². The number of anilines is 1. The summed E-state index contributed by atoms with van der Waals surface area (Å²) in [5, 5.41) is 7.93. The molecule has 1 unspecified atom stereocenters. The number of aromatic nitrogens is 3. The van der Waals surface area contributed by atoms with Gasteiger partial charge in [0.25, 0.3) is 0 Å². The van der Waals surface area contributed by atoms with Crippen molar-refractivity contribution in [2.24, 2.45) is 5.92 Å². The Hall–Kier alpha value is -1.79. The minimum atomic E-state index is 0.413. The van der Waals surface area contributed by atoms with E-state index in [1.54, 1.807) is 16.3 Å². The Bertz CT molecular complexity index is 815. The maximum absolute atomic E-state index is 6.28. The summed E-state index contributed by atoms with van der Waals surface area (Å²) in [7, 11) is 0. The highest BCUT2D eigenvalue weighted by atomic mass is 32.2. The lowest BCUT2D eigenvalue weighted by Crippen LogP contribution is -2.29. The van der Waals surface area contributed by atoms with Gasteiger partial charge in [0, 0.05) is 23.4 Å². The largest absolute Gasteiger partial charge is 0.384 e. The van der Waals surface area contributed by atoms with Crippen molar-refractivity contribution < 1.29 is 0 Å². The molecule has 1 fully saturated rings. The van der Waals surface area contributed by atoms with E-state index in [9.17, 15) is 0 Å². The van der Waals surface area contributed by atoms with Crippen LogP contribution in [0.4, 0.5) is 5.82 Å². The zero-order valence-electron chi connectivity index (χ0n) is 16.0. The van der Waals surface area contributed by atoms with Gasteiger partial charge >= 0.3 is 0 Å². The van der Waals surface area contributed by atoms with E-state index in [0.717, 1.165) is 52.6 Å². The first kappa shape index (κ1) is 19.0. The summed E-state index contributed by atoms with van der Waals surface area (Å²) in [5.41, 5.74) is 9.21. The third-order valence-electron chi connectivity index (χ3n) is 4.65. The first-order valence-electron chi connectivity index (χ1n) is 9.36. The number of rotatable bonds is 6. The van der Waals surface area contributed by atoms with Crippen LogP contribution in [-0.2, 0) is 0 Å². The minimum absolute atomic E-state index is 0.413. The quantitative estimate of drug-likeness (QED) is 0.786. The van der Waals surface area contributed by atoms with E-state index in [1.165, 1.54) is 6.42 Å². The number of hydrogen-bond donors (Lipinski definition) is 2. The monoisotopic (exact) mass is 371 g/mol. The van der Waals surface area contributed by atoms with Crippen molar-refractivity contribution >= 4 is 28.1 Å². The fraction of sp³-hybridized carbons (Fsp3) is 0.500. The van der Waals surface area contributed by atoms with Gasteiger partial charge in [-0.25, -0.2) is 4.98 Å². The molecule has 140 valence electrons. The topological polar surface area (TPSA) is 68.2 Å². The molecule has 0 saturated carbocycles. The lowest BCUT2D eigenvalue weighted by atomic mass is 9.96. The van der Waals surface area contributed by atoms with E-state index in [0.29, 0.717) is 17.7 Å². The van der Waals surface area contributed by atoms with Gasteiger partial charge < -0.3 is 11.1 Å². The summed E-state index contributed by atoms with van der Waals surface area (Å²) in [5.74, 6) is 1.65. The number of piperidine rings is 1. The van der Waals surface area contributed by atoms with Crippen molar-refractivity contribution in [1.29, 1.82) is 0 Å². The van der Waals surface area contributed by atoms with Crippen molar-refractivity contribution in [3.8, 4) is 0 Å². The molecular weight excluding hydrogens is 342 g/mol. The van der Waals surface area contributed by atoms with Gasteiger partial charge in [-0.3, -0.25) is 0 Å². The Morgan fingerprint density at radius 2 is 2.35 bits per heavy atom. The molecule has 0 spiro atoms. The summed E-state index contributed by atoms with van der Waals surface area (Å²) >= 11 is 1.71. The van der Waals surface area contributed by atoms with E-state index < -0.39 is 0 Å². The summed E-state index contributed by atoms with van der Waals surface area (Å²) in [6, 6.07) is 1.97. The number of fused-ring (bicyclic) bond motifs is 1. The number of allylic oxidation sites excluding steroid dienone is 2. The standard InChI is InChI=1S/C20H29N5S/c1-5-18(26-14(4)9-13(2)3)16-12-23-25-19(21)10-17(24-20(16)25)15-7-6-8-22-11-15/h5,10,12-13,15,22H,4,6-9,11,21H2,1-3H3/b18-5-. The van der Waals surface area contributed by atoms with Crippen LogP contribution < -0.4 is 11.1 Å². The van der Waals surface area contributed by atoms with E-state index in [2.05, 4.69) is 36.9 Å². The molecule has 1 saturated heterocycles. The Balaban J connectivity index is 1.95. The molecule has 3 N–H and O–H groups in total. The van der Waals surface area contributed by atoms with Crippen LogP contribution in [0.3, 0.4) is 0 Å². The maximum atomic E-state index is 6.28. The molecule has 5 nitrogen and oxygen atoms in total. The lowest BCUT2D eigenvalue weighted by molar-refractivity contribution is 0.455. The Kier molecular flexibility index (Phi) is 6.04.